The Balaban J connectivity index is 0.000000448. The van der Waals surface area contributed by atoms with Crippen molar-refractivity contribution in [3.05, 3.63) is 60.6 Å². The van der Waals surface area contributed by atoms with Crippen LogP contribution in [0.15, 0.2) is 54.9 Å². The number of rotatable bonds is 6. The number of carbonyl (C=O) groups is 1. The summed E-state index contributed by atoms with van der Waals surface area (Å²) >= 11 is 0. The Bertz CT molecular complexity index is 1210. The molecule has 0 spiro atoms. The molecule has 13 heteroatoms. The van der Waals surface area contributed by atoms with Crippen LogP contribution in [-0.2, 0) is 16.1 Å². The summed E-state index contributed by atoms with van der Waals surface area (Å²) in [5.74, 6) is -1.96. The van der Waals surface area contributed by atoms with E-state index in [2.05, 4.69) is 50.4 Å². The van der Waals surface area contributed by atoms with E-state index in [4.69, 9.17) is 25.5 Å². The first kappa shape index (κ1) is 28.3. The van der Waals surface area contributed by atoms with Crippen LogP contribution in [0.4, 0.5) is 30.4 Å². The number of pyridine rings is 1. The number of benzene rings is 1. The third kappa shape index (κ3) is 8.40. The van der Waals surface area contributed by atoms with Crippen molar-refractivity contribution in [1.82, 2.24) is 19.7 Å². The molecule has 1 aromatic carbocycles. The zero-order chi connectivity index (χ0) is 27.8. The van der Waals surface area contributed by atoms with Crippen molar-refractivity contribution in [2.24, 2.45) is 5.73 Å². The number of hydrogen-bond donors (Lipinski definition) is 3. The van der Waals surface area contributed by atoms with Crippen LogP contribution >= 0.6 is 0 Å². The van der Waals surface area contributed by atoms with Gasteiger partial charge in [0, 0.05) is 68.6 Å². The molecule has 0 saturated carbocycles. The molecule has 2 aromatic heterocycles. The number of nitrogens with one attached hydrogen (secondary N) is 1. The molecular weight excluding hydrogens is 515 g/mol. The van der Waals surface area contributed by atoms with Gasteiger partial charge in [-0.1, -0.05) is 0 Å². The highest BCUT2D eigenvalue weighted by Gasteiger charge is 2.38. The average Bonchev–Trinajstić information content (AvgIpc) is 3.39. The number of anilines is 3. The Kier molecular flexibility index (Phi) is 9.38. The fourth-order valence-electron chi connectivity index (χ4n) is 4.29. The minimum atomic E-state index is -5.08. The summed E-state index contributed by atoms with van der Waals surface area (Å²) in [7, 11) is 0. The van der Waals surface area contributed by atoms with Gasteiger partial charge in [-0.15, -0.1) is 0 Å². The highest BCUT2D eigenvalue weighted by Crippen LogP contribution is 2.22. The van der Waals surface area contributed by atoms with Crippen LogP contribution in [-0.4, -0.2) is 82.4 Å². The van der Waals surface area contributed by atoms with Crippen LogP contribution in [0.2, 0.25) is 0 Å². The standard InChI is InChI=1S/C24H31N7O.C2HF3O2/c25-19-6-10-29(11-7-19)18-21-8-12-31(28-21)23-5-9-26-24(17-23)27-20-1-3-22(4-2-20)30-13-15-32-16-14-30;3-2(4,5)1(6)7/h1-5,8-9,12,17,19H,6-7,10-11,13-16,18,25H2,(H,26,27);(H,6,7). The second kappa shape index (κ2) is 12.9. The van der Waals surface area contributed by atoms with Gasteiger partial charge >= 0.3 is 12.1 Å². The van der Waals surface area contributed by atoms with Gasteiger partial charge in [-0.2, -0.15) is 18.3 Å². The maximum Gasteiger partial charge on any atom is 0.490 e. The smallest absolute Gasteiger partial charge is 0.475 e. The zero-order valence-corrected chi connectivity index (χ0v) is 21.3. The molecule has 10 nitrogen and oxygen atoms in total. The van der Waals surface area contributed by atoms with Gasteiger partial charge in [-0.05, 0) is 49.2 Å². The van der Waals surface area contributed by atoms with Crippen molar-refractivity contribution in [2.75, 3.05) is 49.6 Å². The van der Waals surface area contributed by atoms with Crippen molar-refractivity contribution in [3.63, 3.8) is 0 Å². The van der Waals surface area contributed by atoms with E-state index in [1.165, 1.54) is 5.69 Å². The lowest BCUT2D eigenvalue weighted by Gasteiger charge is -2.29. The van der Waals surface area contributed by atoms with Gasteiger partial charge in [0.2, 0.25) is 0 Å². The third-order valence-electron chi connectivity index (χ3n) is 6.43. The van der Waals surface area contributed by atoms with E-state index in [0.29, 0.717) is 6.04 Å². The van der Waals surface area contributed by atoms with Gasteiger partial charge < -0.3 is 25.8 Å². The first-order valence-corrected chi connectivity index (χ1v) is 12.7. The quantitative estimate of drug-likeness (QED) is 0.426. The van der Waals surface area contributed by atoms with Crippen LogP contribution in [0.1, 0.15) is 18.5 Å². The van der Waals surface area contributed by atoms with Crippen LogP contribution in [0.25, 0.3) is 5.69 Å². The first-order valence-electron chi connectivity index (χ1n) is 12.7. The van der Waals surface area contributed by atoms with E-state index in [1.54, 1.807) is 0 Å². The molecule has 4 N–H and O–H groups in total. The Morgan fingerprint density at radius 1 is 1.05 bits per heavy atom. The summed E-state index contributed by atoms with van der Waals surface area (Å²) in [6.45, 7) is 6.41. The van der Waals surface area contributed by atoms with E-state index >= 15 is 0 Å². The van der Waals surface area contributed by atoms with E-state index in [0.717, 1.165) is 81.7 Å². The molecule has 0 amide bonds. The lowest BCUT2D eigenvalue weighted by atomic mass is 10.1. The predicted molar refractivity (Wildman–Crippen MR) is 140 cm³/mol. The fraction of sp³-hybridized carbons (Fsp3) is 0.423. The third-order valence-corrected chi connectivity index (χ3v) is 6.43. The molecule has 0 unspecified atom stereocenters. The molecule has 0 aliphatic carbocycles. The van der Waals surface area contributed by atoms with E-state index in [-0.39, 0.29) is 0 Å². The molecule has 210 valence electrons. The molecule has 0 bridgehead atoms. The molecule has 5 rings (SSSR count). The number of alkyl halides is 3. The van der Waals surface area contributed by atoms with Gasteiger partial charge in [0.1, 0.15) is 5.82 Å². The number of aromatic nitrogens is 3. The minimum Gasteiger partial charge on any atom is -0.475 e. The maximum atomic E-state index is 10.6. The number of carboxylic acids is 1. The molecule has 39 heavy (non-hydrogen) atoms. The van der Waals surface area contributed by atoms with E-state index in [9.17, 15) is 13.2 Å². The SMILES string of the molecule is NC1CCN(Cc2ccn(-c3ccnc(Nc4ccc(N5CCOCC5)cc4)c3)n2)CC1.O=C(O)C(F)(F)F. The highest BCUT2D eigenvalue weighted by molar-refractivity contribution is 5.73. The summed E-state index contributed by atoms with van der Waals surface area (Å²) in [4.78, 5) is 18.2. The molecular formula is C26H32F3N7O3. The monoisotopic (exact) mass is 547 g/mol. The summed E-state index contributed by atoms with van der Waals surface area (Å²) in [6, 6.07) is 14.9. The summed E-state index contributed by atoms with van der Waals surface area (Å²) in [5, 5.41) is 15.3. The fourth-order valence-corrected chi connectivity index (χ4v) is 4.29. The van der Waals surface area contributed by atoms with Gasteiger partial charge in [-0.3, -0.25) is 4.90 Å². The predicted octanol–water partition coefficient (Wildman–Crippen LogP) is 3.40. The van der Waals surface area contributed by atoms with Gasteiger partial charge in [0.05, 0.1) is 24.6 Å². The number of hydrogen-bond acceptors (Lipinski definition) is 8. The second-order valence-corrected chi connectivity index (χ2v) is 9.34. The number of likely N-dealkylation sites (tertiary alicyclic amines) is 1. The van der Waals surface area contributed by atoms with Crippen molar-refractivity contribution < 1.29 is 27.8 Å². The number of nitrogens with zero attached hydrogens (tertiary/aromatic N) is 5. The number of aliphatic carboxylic acids is 1. The molecule has 2 fully saturated rings. The molecule has 0 atom stereocenters. The maximum absolute atomic E-state index is 10.6. The molecule has 2 aliphatic heterocycles. The Morgan fingerprint density at radius 3 is 2.36 bits per heavy atom. The Morgan fingerprint density at radius 2 is 1.72 bits per heavy atom. The first-order chi connectivity index (χ1) is 18.7. The normalized spacial score (nSPS) is 16.9. The molecule has 4 heterocycles. The van der Waals surface area contributed by atoms with Gasteiger partial charge in [0.25, 0.3) is 0 Å². The van der Waals surface area contributed by atoms with Gasteiger partial charge in [0.15, 0.2) is 0 Å². The highest BCUT2D eigenvalue weighted by atomic mass is 19.4. The summed E-state index contributed by atoms with van der Waals surface area (Å²) < 4.78 is 39.1. The van der Waals surface area contributed by atoms with Crippen molar-refractivity contribution in [2.45, 2.75) is 31.6 Å². The Labute approximate surface area is 224 Å². The van der Waals surface area contributed by atoms with Crippen LogP contribution < -0.4 is 16.0 Å². The lowest BCUT2D eigenvalue weighted by Crippen LogP contribution is -2.39. The van der Waals surface area contributed by atoms with Crippen molar-refractivity contribution in [1.29, 1.82) is 0 Å². The molecule has 3 aromatic rings. The number of carboxylic acid groups (broad SMARTS) is 1. The summed E-state index contributed by atoms with van der Waals surface area (Å²) in [5.41, 5.74) is 10.3. The molecule has 0 radical (unpaired) electrons. The second-order valence-electron chi connectivity index (χ2n) is 9.34. The largest absolute Gasteiger partial charge is 0.490 e. The number of halogens is 3. The summed E-state index contributed by atoms with van der Waals surface area (Å²) in [6.07, 6.45) is 0.870. The molecule has 2 aliphatic rings. The molecule has 2 saturated heterocycles. The van der Waals surface area contributed by atoms with Gasteiger partial charge in [-0.25, -0.2) is 14.5 Å². The number of morpholine rings is 1. The van der Waals surface area contributed by atoms with Crippen molar-refractivity contribution >= 4 is 23.2 Å². The zero-order valence-electron chi connectivity index (χ0n) is 21.3. The number of ether oxygens (including phenoxy) is 1. The van der Waals surface area contributed by atoms with Crippen LogP contribution in [0.3, 0.4) is 0 Å². The number of nitrogens with two attached hydrogens (primary N) is 1. The number of piperidine rings is 1. The average molecular weight is 548 g/mol. The van der Waals surface area contributed by atoms with Crippen molar-refractivity contribution in [3.8, 4) is 5.69 Å². The minimum absolute atomic E-state index is 0.349. The van der Waals surface area contributed by atoms with E-state index < -0.39 is 12.1 Å². The Hall–Kier alpha value is -3.68. The van der Waals surface area contributed by atoms with Crippen LogP contribution in [0.5, 0.6) is 0 Å². The topological polar surface area (TPSA) is 122 Å². The lowest BCUT2D eigenvalue weighted by molar-refractivity contribution is -0.192. The van der Waals surface area contributed by atoms with Crippen LogP contribution in [0, 0.1) is 0 Å². The van der Waals surface area contributed by atoms with E-state index in [1.807, 2.05) is 29.2 Å².